The second-order valence-corrected chi connectivity index (χ2v) is 9.71. The second-order valence-electron chi connectivity index (χ2n) is 9.71. The number of hydrogen-bond donors (Lipinski definition) is 1. The Labute approximate surface area is 170 Å². The number of aryl methyl sites for hydroxylation is 1. The van der Waals surface area contributed by atoms with Gasteiger partial charge in [0.1, 0.15) is 11.4 Å². The van der Waals surface area contributed by atoms with Gasteiger partial charge in [-0.2, -0.15) is 0 Å². The highest BCUT2D eigenvalue weighted by atomic mass is 16.5. The Morgan fingerprint density at radius 3 is 2.38 bits per heavy atom. The number of carboxylic acids is 1. The quantitative estimate of drug-likeness (QED) is 0.736. The van der Waals surface area contributed by atoms with E-state index in [4.69, 9.17) is 9.84 Å². The summed E-state index contributed by atoms with van der Waals surface area (Å²) in [4.78, 5) is 24.4. The summed E-state index contributed by atoms with van der Waals surface area (Å²) in [5.41, 5.74) is 3.24. The standard InChI is InChI=1S/C25H26O4/c1-14-11-20-19(24(3)23(2)10-9-17(13-23)25(24,4)29-20)12-18(14)21(26)15-5-7-16(8-6-15)22(27)28/h5-8,11-12,17H,9-10,13H2,1-4H3,(H,27,28). The number of ether oxygens (including phenoxy) is 1. The molecule has 3 aliphatic rings. The molecule has 2 aromatic rings. The molecular formula is C25H26O4. The van der Waals surface area contributed by atoms with E-state index in [1.165, 1.54) is 31.4 Å². The molecule has 29 heavy (non-hydrogen) atoms. The zero-order chi connectivity index (χ0) is 20.8. The number of rotatable bonds is 3. The Morgan fingerprint density at radius 2 is 1.72 bits per heavy atom. The lowest BCUT2D eigenvalue weighted by Gasteiger charge is -2.48. The van der Waals surface area contributed by atoms with Gasteiger partial charge in [-0.05, 0) is 74.3 Å². The maximum atomic E-state index is 13.3. The predicted octanol–water partition coefficient (Wildman–Crippen LogP) is 5.15. The number of carboxylic acid groups (broad SMARTS) is 1. The topological polar surface area (TPSA) is 63.6 Å². The molecule has 1 aliphatic heterocycles. The van der Waals surface area contributed by atoms with Gasteiger partial charge in [-0.25, -0.2) is 4.79 Å². The van der Waals surface area contributed by atoms with Gasteiger partial charge in [0.2, 0.25) is 0 Å². The summed E-state index contributed by atoms with van der Waals surface area (Å²) in [5.74, 6) is 0.398. The molecule has 4 unspecified atom stereocenters. The smallest absolute Gasteiger partial charge is 0.335 e. The van der Waals surface area contributed by atoms with Gasteiger partial charge in [-0.15, -0.1) is 0 Å². The van der Waals surface area contributed by atoms with Crippen LogP contribution in [0.1, 0.15) is 77.4 Å². The van der Waals surface area contributed by atoms with Crippen molar-refractivity contribution in [3.8, 4) is 5.75 Å². The Balaban J connectivity index is 1.61. The summed E-state index contributed by atoms with van der Waals surface area (Å²) in [6.45, 7) is 8.90. The average Bonchev–Trinajstić information content (AvgIpc) is 3.24. The van der Waals surface area contributed by atoms with Gasteiger partial charge < -0.3 is 9.84 Å². The van der Waals surface area contributed by atoms with E-state index < -0.39 is 5.97 Å². The Morgan fingerprint density at radius 1 is 1.07 bits per heavy atom. The van der Waals surface area contributed by atoms with E-state index in [-0.39, 0.29) is 27.8 Å². The largest absolute Gasteiger partial charge is 0.486 e. The summed E-state index contributed by atoms with van der Waals surface area (Å²) in [5, 5.41) is 9.10. The Hall–Kier alpha value is -2.62. The van der Waals surface area contributed by atoms with E-state index in [0.29, 0.717) is 17.0 Å². The van der Waals surface area contributed by atoms with Gasteiger partial charge in [0.05, 0.1) is 5.56 Å². The molecule has 0 radical (unpaired) electrons. The highest BCUT2D eigenvalue weighted by molar-refractivity contribution is 6.10. The molecule has 1 N–H and O–H groups in total. The monoisotopic (exact) mass is 390 g/mol. The molecule has 0 saturated heterocycles. The van der Waals surface area contributed by atoms with Crippen molar-refractivity contribution < 1.29 is 19.4 Å². The third-order valence-electron chi connectivity index (χ3n) is 8.55. The number of aromatic carboxylic acids is 1. The van der Waals surface area contributed by atoms with Gasteiger partial charge in [0.25, 0.3) is 0 Å². The fraction of sp³-hybridized carbons (Fsp3) is 0.440. The summed E-state index contributed by atoms with van der Waals surface area (Å²) in [6, 6.07) is 10.2. The summed E-state index contributed by atoms with van der Waals surface area (Å²) in [7, 11) is 0. The molecular weight excluding hydrogens is 364 g/mol. The van der Waals surface area contributed by atoms with Crippen molar-refractivity contribution in [3.63, 3.8) is 0 Å². The zero-order valence-electron chi connectivity index (χ0n) is 17.3. The molecule has 0 aromatic heterocycles. The van der Waals surface area contributed by atoms with Gasteiger partial charge in [-0.3, -0.25) is 4.79 Å². The van der Waals surface area contributed by atoms with Crippen LogP contribution in [0.15, 0.2) is 36.4 Å². The third-order valence-corrected chi connectivity index (χ3v) is 8.55. The van der Waals surface area contributed by atoms with Crippen LogP contribution in [-0.4, -0.2) is 22.5 Å². The highest BCUT2D eigenvalue weighted by Crippen LogP contribution is 2.73. The number of benzene rings is 2. The maximum Gasteiger partial charge on any atom is 0.335 e. The molecule has 5 rings (SSSR count). The molecule has 2 fully saturated rings. The normalized spacial score (nSPS) is 33.9. The molecule has 2 bridgehead atoms. The minimum absolute atomic E-state index is 0.0762. The van der Waals surface area contributed by atoms with Crippen LogP contribution in [-0.2, 0) is 5.41 Å². The lowest BCUT2D eigenvalue weighted by Crippen LogP contribution is -2.54. The first-order valence-electron chi connectivity index (χ1n) is 10.3. The van der Waals surface area contributed by atoms with E-state index >= 15 is 0 Å². The van der Waals surface area contributed by atoms with Gasteiger partial charge in [-0.1, -0.05) is 26.0 Å². The minimum Gasteiger partial charge on any atom is -0.486 e. The van der Waals surface area contributed by atoms with Crippen molar-refractivity contribution in [2.24, 2.45) is 11.3 Å². The van der Waals surface area contributed by atoms with Crippen LogP contribution in [0, 0.1) is 18.3 Å². The first kappa shape index (κ1) is 18.4. The molecule has 0 spiro atoms. The summed E-state index contributed by atoms with van der Waals surface area (Å²) in [6.07, 6.45) is 3.57. The fourth-order valence-corrected chi connectivity index (χ4v) is 6.50. The van der Waals surface area contributed by atoms with Crippen molar-refractivity contribution >= 4 is 11.8 Å². The third kappa shape index (κ3) is 2.09. The van der Waals surface area contributed by atoms with Crippen molar-refractivity contribution in [1.29, 1.82) is 0 Å². The van der Waals surface area contributed by atoms with E-state index in [1.807, 2.05) is 13.0 Å². The SMILES string of the molecule is Cc1cc2c(cc1C(=O)c1ccc(C(=O)O)cc1)C1(C)C3(C)CCC(C3)C1(C)O2. The van der Waals surface area contributed by atoms with Crippen LogP contribution in [0.2, 0.25) is 0 Å². The van der Waals surface area contributed by atoms with E-state index in [0.717, 1.165) is 16.9 Å². The molecule has 2 aliphatic carbocycles. The summed E-state index contributed by atoms with van der Waals surface area (Å²) < 4.78 is 6.61. The van der Waals surface area contributed by atoms with Crippen molar-refractivity contribution in [3.05, 3.63) is 64.2 Å². The van der Waals surface area contributed by atoms with Crippen molar-refractivity contribution in [2.45, 2.75) is 58.0 Å². The first-order chi connectivity index (χ1) is 13.6. The fourth-order valence-electron chi connectivity index (χ4n) is 6.50. The zero-order valence-corrected chi connectivity index (χ0v) is 17.3. The number of ketones is 1. The average molecular weight is 390 g/mol. The Bertz CT molecular complexity index is 1070. The van der Waals surface area contributed by atoms with E-state index in [1.54, 1.807) is 12.1 Å². The van der Waals surface area contributed by atoms with E-state index in [9.17, 15) is 9.59 Å². The minimum atomic E-state index is -0.994. The molecule has 2 aromatic carbocycles. The van der Waals surface area contributed by atoms with Crippen molar-refractivity contribution in [2.75, 3.05) is 0 Å². The molecule has 4 nitrogen and oxygen atoms in total. The number of carbonyl (C=O) groups is 2. The molecule has 0 amide bonds. The Kier molecular flexibility index (Phi) is 3.49. The highest BCUT2D eigenvalue weighted by Gasteiger charge is 2.73. The molecule has 4 atom stereocenters. The summed E-state index contributed by atoms with van der Waals surface area (Å²) >= 11 is 0. The lowest BCUT2D eigenvalue weighted by molar-refractivity contribution is -0.0260. The van der Waals surface area contributed by atoms with Crippen LogP contribution in [0.25, 0.3) is 0 Å². The van der Waals surface area contributed by atoms with Crippen molar-refractivity contribution in [1.82, 2.24) is 0 Å². The lowest BCUT2D eigenvalue weighted by atomic mass is 9.56. The van der Waals surface area contributed by atoms with Crippen LogP contribution < -0.4 is 4.74 Å². The molecule has 4 heteroatoms. The molecule has 2 saturated carbocycles. The number of fused-ring (bicyclic) bond motifs is 7. The van der Waals surface area contributed by atoms with Crippen LogP contribution in [0.5, 0.6) is 5.75 Å². The van der Waals surface area contributed by atoms with Crippen LogP contribution in [0.3, 0.4) is 0 Å². The van der Waals surface area contributed by atoms with Crippen LogP contribution in [0.4, 0.5) is 0 Å². The van der Waals surface area contributed by atoms with Crippen LogP contribution >= 0.6 is 0 Å². The predicted molar refractivity (Wildman–Crippen MR) is 110 cm³/mol. The van der Waals surface area contributed by atoms with Gasteiger partial charge in [0.15, 0.2) is 5.78 Å². The molecule has 1 heterocycles. The molecule has 150 valence electrons. The first-order valence-corrected chi connectivity index (χ1v) is 10.3. The van der Waals surface area contributed by atoms with E-state index in [2.05, 4.69) is 26.8 Å². The number of carbonyl (C=O) groups excluding carboxylic acids is 1. The number of hydrogen-bond acceptors (Lipinski definition) is 3. The van der Waals surface area contributed by atoms with Gasteiger partial charge in [0, 0.05) is 22.1 Å². The maximum absolute atomic E-state index is 13.3. The van der Waals surface area contributed by atoms with Gasteiger partial charge >= 0.3 is 5.97 Å². The second kappa shape index (κ2) is 5.50.